The van der Waals surface area contributed by atoms with Gasteiger partial charge in [-0.1, -0.05) is 77.3 Å². The van der Waals surface area contributed by atoms with Crippen LogP contribution in [0.4, 0.5) is 5.69 Å². The molecule has 3 aromatic rings. The number of benzene rings is 3. The predicted octanol–water partition coefficient (Wildman–Crippen LogP) is 5.00. The van der Waals surface area contributed by atoms with E-state index >= 15 is 0 Å². The Morgan fingerprint density at radius 3 is 2.06 bits per heavy atom. The summed E-state index contributed by atoms with van der Waals surface area (Å²) in [5, 5.41) is 0.365. The normalized spacial score (nSPS) is 24.4. The van der Waals surface area contributed by atoms with Crippen LogP contribution in [0.15, 0.2) is 66.7 Å². The number of fused-ring (bicyclic) bond motifs is 3. The van der Waals surface area contributed by atoms with E-state index in [0.717, 1.165) is 10.5 Å². The van der Waals surface area contributed by atoms with Crippen LogP contribution in [0.3, 0.4) is 0 Å². The number of carbonyl (C=O) groups excluding carboxylic acids is 4. The standard InChI is InChI=1S/C27H17Cl2NO5/c1-13-9-11-14(12-10-13)30-25(33)19-20(26(30)34)27(23(31)15-5-2-3-6-16(15)24(27)32)35-22(19)17-7-4-8-18(28)21(17)29/h2-12,19-20,22H,1H3/t19-,20-,22-/m0/s1. The number of carbonyl (C=O) groups is 4. The molecule has 0 aromatic heterocycles. The summed E-state index contributed by atoms with van der Waals surface area (Å²) in [4.78, 5) is 56.3. The molecule has 2 aliphatic heterocycles. The maximum Gasteiger partial charge on any atom is 0.241 e. The van der Waals surface area contributed by atoms with Gasteiger partial charge < -0.3 is 4.74 Å². The summed E-state index contributed by atoms with van der Waals surface area (Å²) in [7, 11) is 0. The van der Waals surface area contributed by atoms with Gasteiger partial charge in [0.05, 0.1) is 33.7 Å². The molecule has 3 aliphatic rings. The zero-order valence-corrected chi connectivity index (χ0v) is 19.8. The van der Waals surface area contributed by atoms with Gasteiger partial charge in [-0.3, -0.25) is 19.2 Å². The van der Waals surface area contributed by atoms with Gasteiger partial charge in [0.2, 0.25) is 29.0 Å². The van der Waals surface area contributed by atoms with Crippen molar-refractivity contribution in [3.8, 4) is 0 Å². The Labute approximate surface area is 210 Å². The van der Waals surface area contributed by atoms with Crippen LogP contribution in [0.2, 0.25) is 10.0 Å². The molecule has 2 fully saturated rings. The van der Waals surface area contributed by atoms with E-state index in [1.165, 1.54) is 12.1 Å². The number of amides is 2. The maximum absolute atomic E-state index is 13.9. The van der Waals surface area contributed by atoms with Crippen LogP contribution in [0.25, 0.3) is 0 Å². The number of aryl methyl sites for hydroxylation is 1. The van der Waals surface area contributed by atoms with E-state index in [2.05, 4.69) is 0 Å². The quantitative estimate of drug-likeness (QED) is 0.361. The highest BCUT2D eigenvalue weighted by molar-refractivity contribution is 6.42. The number of nitrogens with zero attached hydrogens (tertiary/aromatic N) is 1. The number of ketones is 2. The van der Waals surface area contributed by atoms with Crippen LogP contribution in [0, 0.1) is 18.8 Å². The van der Waals surface area contributed by atoms with Gasteiger partial charge >= 0.3 is 0 Å². The fourth-order valence-electron chi connectivity index (χ4n) is 5.49. The molecule has 0 radical (unpaired) electrons. The lowest BCUT2D eigenvalue weighted by Gasteiger charge is -2.27. The van der Waals surface area contributed by atoms with Gasteiger partial charge in [0.25, 0.3) is 0 Å². The molecule has 0 bridgehead atoms. The van der Waals surface area contributed by atoms with Crippen molar-refractivity contribution in [2.45, 2.75) is 18.6 Å². The average molecular weight is 506 g/mol. The Morgan fingerprint density at radius 2 is 1.43 bits per heavy atom. The van der Waals surface area contributed by atoms with Crippen LogP contribution in [0.5, 0.6) is 0 Å². The fourth-order valence-corrected chi connectivity index (χ4v) is 5.90. The molecule has 0 unspecified atom stereocenters. The monoisotopic (exact) mass is 505 g/mol. The van der Waals surface area contributed by atoms with Crippen molar-refractivity contribution in [3.63, 3.8) is 0 Å². The van der Waals surface area contributed by atoms with Gasteiger partial charge in [-0.15, -0.1) is 0 Å². The third-order valence-electron chi connectivity index (χ3n) is 7.10. The number of anilines is 1. The summed E-state index contributed by atoms with van der Waals surface area (Å²) >= 11 is 12.7. The van der Waals surface area contributed by atoms with Gasteiger partial charge in [0, 0.05) is 16.7 Å². The van der Waals surface area contributed by atoms with E-state index in [1.807, 2.05) is 6.92 Å². The molecule has 0 N–H and O–H groups in total. The molecule has 3 aromatic carbocycles. The highest BCUT2D eigenvalue weighted by Gasteiger charge is 2.74. The number of hydrogen-bond acceptors (Lipinski definition) is 5. The van der Waals surface area contributed by atoms with Gasteiger partial charge in [0.1, 0.15) is 0 Å². The largest absolute Gasteiger partial charge is 0.349 e. The summed E-state index contributed by atoms with van der Waals surface area (Å²) in [5.41, 5.74) is -0.160. The molecule has 2 heterocycles. The lowest BCUT2D eigenvalue weighted by Crippen LogP contribution is -2.51. The van der Waals surface area contributed by atoms with Crippen molar-refractivity contribution >= 4 is 52.3 Å². The molecule has 35 heavy (non-hydrogen) atoms. The average Bonchev–Trinajstić information content (AvgIpc) is 3.42. The minimum atomic E-state index is -2.16. The van der Waals surface area contributed by atoms with E-state index in [-0.39, 0.29) is 21.2 Å². The Hall–Kier alpha value is -3.32. The van der Waals surface area contributed by atoms with E-state index in [1.54, 1.807) is 54.6 Å². The summed E-state index contributed by atoms with van der Waals surface area (Å²) in [6.07, 6.45) is -1.12. The molecule has 3 atom stereocenters. The topological polar surface area (TPSA) is 80.8 Å². The first kappa shape index (κ1) is 22.2. The zero-order valence-electron chi connectivity index (χ0n) is 18.3. The van der Waals surface area contributed by atoms with Crippen LogP contribution < -0.4 is 4.90 Å². The van der Waals surface area contributed by atoms with Crippen molar-refractivity contribution in [1.29, 1.82) is 0 Å². The predicted molar refractivity (Wildman–Crippen MR) is 129 cm³/mol. The third-order valence-corrected chi connectivity index (χ3v) is 7.93. The third kappa shape index (κ3) is 2.82. The van der Waals surface area contributed by atoms with Crippen LogP contribution in [-0.2, 0) is 14.3 Å². The number of halogens is 2. The van der Waals surface area contributed by atoms with Crippen molar-refractivity contribution in [2.75, 3.05) is 4.90 Å². The summed E-state index contributed by atoms with van der Waals surface area (Å²) < 4.78 is 6.24. The number of imide groups is 1. The highest BCUT2D eigenvalue weighted by atomic mass is 35.5. The minimum absolute atomic E-state index is 0.138. The fraction of sp³-hybridized carbons (Fsp3) is 0.185. The van der Waals surface area contributed by atoms with Crippen molar-refractivity contribution in [2.24, 2.45) is 11.8 Å². The number of hydrogen-bond donors (Lipinski definition) is 0. The minimum Gasteiger partial charge on any atom is -0.349 e. The Morgan fingerprint density at radius 1 is 0.800 bits per heavy atom. The Balaban J connectivity index is 1.57. The summed E-state index contributed by atoms with van der Waals surface area (Å²) in [6, 6.07) is 18.1. The van der Waals surface area contributed by atoms with Crippen molar-refractivity contribution < 1.29 is 23.9 Å². The van der Waals surface area contributed by atoms with E-state index < -0.39 is 46.9 Å². The molecular weight excluding hydrogens is 489 g/mol. The lowest BCUT2D eigenvalue weighted by molar-refractivity contribution is -0.127. The number of Topliss-reactive ketones (excluding diaryl/α,β-unsaturated/α-hetero) is 2. The van der Waals surface area contributed by atoms with Crippen molar-refractivity contribution in [1.82, 2.24) is 0 Å². The van der Waals surface area contributed by atoms with Gasteiger partial charge in [-0.2, -0.15) is 0 Å². The first-order chi connectivity index (χ1) is 16.8. The molecule has 8 heteroatoms. The highest BCUT2D eigenvalue weighted by Crippen LogP contribution is 2.58. The van der Waals surface area contributed by atoms with E-state index in [9.17, 15) is 19.2 Å². The van der Waals surface area contributed by atoms with E-state index in [4.69, 9.17) is 27.9 Å². The summed E-state index contributed by atoms with van der Waals surface area (Å²) in [5.74, 6) is -4.94. The van der Waals surface area contributed by atoms with Crippen molar-refractivity contribution in [3.05, 3.63) is 99.0 Å². The molecule has 1 spiro atoms. The van der Waals surface area contributed by atoms with Crippen LogP contribution in [0.1, 0.15) is 37.9 Å². The van der Waals surface area contributed by atoms with E-state index in [0.29, 0.717) is 11.3 Å². The molecule has 2 saturated heterocycles. The second-order valence-electron chi connectivity index (χ2n) is 8.97. The second kappa shape index (κ2) is 7.59. The number of rotatable bonds is 2. The molecule has 2 amide bonds. The molecule has 174 valence electrons. The molecular formula is C27H17Cl2NO5. The van der Waals surface area contributed by atoms with Crippen LogP contribution >= 0.6 is 23.2 Å². The SMILES string of the molecule is Cc1ccc(N2C(=O)[C@H]3[C@@H](C2=O)C2(O[C@H]3c3cccc(Cl)c3Cl)C(=O)c3ccccc3C2=O)cc1. The number of ether oxygens (including phenoxy) is 1. The molecule has 6 rings (SSSR count). The first-order valence-electron chi connectivity index (χ1n) is 11.0. The van der Waals surface area contributed by atoms with Gasteiger partial charge in [0.15, 0.2) is 0 Å². The van der Waals surface area contributed by atoms with Gasteiger partial charge in [-0.05, 0) is 25.1 Å². The zero-order chi connectivity index (χ0) is 24.6. The Kier molecular flexibility index (Phi) is 4.81. The first-order valence-corrected chi connectivity index (χ1v) is 11.8. The van der Waals surface area contributed by atoms with Crippen LogP contribution in [-0.4, -0.2) is 29.0 Å². The Bertz CT molecular complexity index is 1430. The molecule has 0 saturated carbocycles. The molecule has 6 nitrogen and oxygen atoms in total. The summed E-state index contributed by atoms with van der Waals surface area (Å²) in [6.45, 7) is 1.89. The molecule has 1 aliphatic carbocycles. The second-order valence-corrected chi connectivity index (χ2v) is 9.76. The smallest absolute Gasteiger partial charge is 0.241 e. The maximum atomic E-state index is 13.9. The van der Waals surface area contributed by atoms with Gasteiger partial charge in [-0.25, -0.2) is 4.90 Å². The lowest BCUT2D eigenvalue weighted by atomic mass is 9.77.